The maximum atomic E-state index is 11.6. The lowest BCUT2D eigenvalue weighted by atomic mass is 9.84. The molecule has 1 aromatic heterocycles. The minimum atomic E-state index is -0.740. The van der Waals surface area contributed by atoms with E-state index in [-0.39, 0.29) is 10.8 Å². The van der Waals surface area contributed by atoms with Crippen molar-refractivity contribution in [2.24, 2.45) is 0 Å². The van der Waals surface area contributed by atoms with Crippen LogP contribution in [0.2, 0.25) is 0 Å². The predicted octanol–water partition coefficient (Wildman–Crippen LogP) is 4.28. The lowest BCUT2D eigenvalue weighted by molar-refractivity contribution is -0.520. The van der Waals surface area contributed by atoms with Crippen LogP contribution in [0.15, 0.2) is 48.5 Å². The van der Waals surface area contributed by atoms with E-state index in [0.717, 1.165) is 33.5 Å². The molecular weight excluding hydrogens is 304 g/mol. The summed E-state index contributed by atoms with van der Waals surface area (Å²) < 4.78 is 5.20. The van der Waals surface area contributed by atoms with Gasteiger partial charge < -0.3 is 9.72 Å². The Kier molecular flexibility index (Phi) is 4.25. The Bertz CT molecular complexity index is 868. The molecule has 2 aromatic carbocycles. The summed E-state index contributed by atoms with van der Waals surface area (Å²) in [5, 5.41) is 12.6. The van der Waals surface area contributed by atoms with E-state index in [1.807, 2.05) is 55.5 Å². The molecule has 2 unspecified atom stereocenters. The van der Waals surface area contributed by atoms with Crippen molar-refractivity contribution in [1.82, 2.24) is 4.98 Å². The van der Waals surface area contributed by atoms with Crippen LogP contribution in [-0.4, -0.2) is 23.1 Å². The Hall–Kier alpha value is -2.82. The number of rotatable bonds is 5. The molecule has 0 bridgehead atoms. The quantitative estimate of drug-likeness (QED) is 0.562. The summed E-state index contributed by atoms with van der Waals surface area (Å²) in [6.45, 7) is 3.63. The molecule has 0 saturated carbocycles. The van der Waals surface area contributed by atoms with Gasteiger partial charge in [0.15, 0.2) is 0 Å². The van der Waals surface area contributed by atoms with Gasteiger partial charge in [-0.15, -0.1) is 0 Å². The highest BCUT2D eigenvalue weighted by Crippen LogP contribution is 2.37. The zero-order valence-corrected chi connectivity index (χ0v) is 13.9. The van der Waals surface area contributed by atoms with E-state index in [1.54, 1.807) is 14.0 Å². The molecule has 1 N–H and O–H groups in total. The Morgan fingerprint density at radius 2 is 1.79 bits per heavy atom. The lowest BCUT2D eigenvalue weighted by Crippen LogP contribution is -2.25. The lowest BCUT2D eigenvalue weighted by Gasteiger charge is -2.20. The number of methoxy groups -OCH3 is 1. The molecule has 0 aliphatic rings. The standard InChI is InChI=1S/C19H20N2O3/c1-12-18(16-6-4-5-7-17(16)20-12)19(13(2)21(22)23)14-8-10-15(24-3)11-9-14/h4-11,13,19-20H,1-3H3. The summed E-state index contributed by atoms with van der Waals surface area (Å²) in [6, 6.07) is 14.7. The first-order chi connectivity index (χ1) is 11.5. The van der Waals surface area contributed by atoms with E-state index >= 15 is 0 Å². The molecule has 0 aliphatic carbocycles. The molecule has 1 heterocycles. The van der Waals surface area contributed by atoms with E-state index in [0.29, 0.717) is 0 Å². The number of nitrogens with one attached hydrogen (secondary N) is 1. The number of hydrogen-bond acceptors (Lipinski definition) is 3. The smallest absolute Gasteiger partial charge is 0.221 e. The van der Waals surface area contributed by atoms with Crippen LogP contribution in [0.4, 0.5) is 0 Å². The number of aromatic amines is 1. The van der Waals surface area contributed by atoms with Crippen LogP contribution in [0.3, 0.4) is 0 Å². The zero-order valence-electron chi connectivity index (χ0n) is 13.9. The number of nitro groups is 1. The van der Waals surface area contributed by atoms with Crippen LogP contribution < -0.4 is 4.74 Å². The molecule has 2 atom stereocenters. The molecule has 3 aromatic rings. The van der Waals surface area contributed by atoms with Crippen molar-refractivity contribution in [2.45, 2.75) is 25.8 Å². The van der Waals surface area contributed by atoms with Crippen LogP contribution in [0.5, 0.6) is 5.75 Å². The first-order valence-corrected chi connectivity index (χ1v) is 7.87. The molecule has 0 radical (unpaired) electrons. The second kappa shape index (κ2) is 6.35. The van der Waals surface area contributed by atoms with Gasteiger partial charge in [-0.25, -0.2) is 0 Å². The van der Waals surface area contributed by atoms with Gasteiger partial charge in [-0.1, -0.05) is 30.3 Å². The van der Waals surface area contributed by atoms with Crippen LogP contribution in [-0.2, 0) is 0 Å². The number of para-hydroxylation sites is 1. The van der Waals surface area contributed by atoms with E-state index in [9.17, 15) is 10.1 Å². The van der Waals surface area contributed by atoms with E-state index in [1.165, 1.54) is 0 Å². The Balaban J connectivity index is 2.20. The monoisotopic (exact) mass is 324 g/mol. The second-order valence-electron chi connectivity index (χ2n) is 5.99. The number of H-pyrrole nitrogens is 1. The maximum Gasteiger partial charge on any atom is 0.221 e. The zero-order chi connectivity index (χ0) is 17.3. The van der Waals surface area contributed by atoms with Crippen LogP contribution in [0, 0.1) is 17.0 Å². The largest absolute Gasteiger partial charge is 0.497 e. The number of fused-ring (bicyclic) bond motifs is 1. The SMILES string of the molecule is COc1ccc(C(c2c(C)[nH]c3ccccc23)C(C)[N+](=O)[O-])cc1. The topological polar surface area (TPSA) is 68.2 Å². The molecule has 3 rings (SSSR count). The van der Waals surface area contributed by atoms with E-state index in [2.05, 4.69) is 4.98 Å². The van der Waals surface area contributed by atoms with E-state index < -0.39 is 6.04 Å². The first kappa shape index (κ1) is 16.1. The van der Waals surface area contributed by atoms with E-state index in [4.69, 9.17) is 4.74 Å². The highest BCUT2D eigenvalue weighted by atomic mass is 16.6. The van der Waals surface area contributed by atoms with Gasteiger partial charge in [-0.3, -0.25) is 10.1 Å². The average Bonchev–Trinajstić information content (AvgIpc) is 2.92. The summed E-state index contributed by atoms with van der Waals surface area (Å²) in [7, 11) is 1.61. The third-order valence-corrected chi connectivity index (χ3v) is 4.54. The van der Waals surface area contributed by atoms with Gasteiger partial charge in [-0.2, -0.15) is 0 Å². The fraction of sp³-hybridized carbons (Fsp3) is 0.263. The van der Waals surface area contributed by atoms with Crippen molar-refractivity contribution < 1.29 is 9.66 Å². The summed E-state index contributed by atoms with van der Waals surface area (Å²) in [4.78, 5) is 14.7. The number of aromatic nitrogens is 1. The molecule has 5 heteroatoms. The molecule has 5 nitrogen and oxygen atoms in total. The molecule has 0 aliphatic heterocycles. The van der Waals surface area contributed by atoms with Crippen molar-refractivity contribution in [3.05, 3.63) is 75.5 Å². The summed E-state index contributed by atoms with van der Waals surface area (Å²) in [5.41, 5.74) is 3.86. The van der Waals surface area contributed by atoms with Crippen LogP contribution in [0.25, 0.3) is 10.9 Å². The minimum absolute atomic E-state index is 0.212. The summed E-state index contributed by atoms with van der Waals surface area (Å²) in [6.07, 6.45) is 0. The normalized spacial score (nSPS) is 13.6. The summed E-state index contributed by atoms with van der Waals surface area (Å²) in [5.74, 6) is 0.406. The molecule has 0 amide bonds. The fourth-order valence-electron chi connectivity index (χ4n) is 3.32. The molecule has 24 heavy (non-hydrogen) atoms. The highest BCUT2D eigenvalue weighted by Gasteiger charge is 2.33. The third-order valence-electron chi connectivity index (χ3n) is 4.54. The van der Waals surface area contributed by atoms with Gasteiger partial charge in [0, 0.05) is 28.4 Å². The number of aryl methyl sites for hydroxylation is 1. The number of benzene rings is 2. The van der Waals surface area contributed by atoms with Crippen LogP contribution in [0.1, 0.15) is 29.7 Å². The molecule has 0 fully saturated rings. The van der Waals surface area contributed by atoms with Gasteiger partial charge >= 0.3 is 0 Å². The number of nitrogens with zero attached hydrogens (tertiary/aromatic N) is 1. The van der Waals surface area contributed by atoms with Crippen molar-refractivity contribution >= 4 is 10.9 Å². The molecule has 0 saturated heterocycles. The van der Waals surface area contributed by atoms with Gasteiger partial charge in [0.2, 0.25) is 6.04 Å². The van der Waals surface area contributed by atoms with Crippen molar-refractivity contribution in [1.29, 1.82) is 0 Å². The minimum Gasteiger partial charge on any atom is -0.497 e. The third kappa shape index (κ3) is 2.73. The molecule has 124 valence electrons. The van der Waals surface area contributed by atoms with Gasteiger partial charge in [-0.05, 0) is 36.2 Å². The van der Waals surface area contributed by atoms with Gasteiger partial charge in [0.1, 0.15) is 5.75 Å². The number of hydrogen-bond donors (Lipinski definition) is 1. The van der Waals surface area contributed by atoms with Crippen molar-refractivity contribution in [3.8, 4) is 5.75 Å². The fourth-order valence-corrected chi connectivity index (χ4v) is 3.32. The number of ether oxygens (including phenoxy) is 1. The highest BCUT2D eigenvalue weighted by molar-refractivity contribution is 5.85. The second-order valence-corrected chi connectivity index (χ2v) is 5.99. The summed E-state index contributed by atoms with van der Waals surface area (Å²) >= 11 is 0. The van der Waals surface area contributed by atoms with Crippen molar-refractivity contribution in [3.63, 3.8) is 0 Å². The Morgan fingerprint density at radius 1 is 1.12 bits per heavy atom. The first-order valence-electron chi connectivity index (χ1n) is 7.87. The van der Waals surface area contributed by atoms with Gasteiger partial charge in [0.25, 0.3) is 0 Å². The molecular formula is C19H20N2O3. The Labute approximate surface area is 140 Å². The average molecular weight is 324 g/mol. The van der Waals surface area contributed by atoms with Crippen molar-refractivity contribution in [2.75, 3.05) is 7.11 Å². The predicted molar refractivity (Wildman–Crippen MR) is 94.3 cm³/mol. The molecule has 0 spiro atoms. The van der Waals surface area contributed by atoms with Gasteiger partial charge in [0.05, 0.1) is 13.0 Å². The Morgan fingerprint density at radius 3 is 2.42 bits per heavy atom. The van der Waals surface area contributed by atoms with Crippen LogP contribution >= 0.6 is 0 Å². The maximum absolute atomic E-state index is 11.6.